The second kappa shape index (κ2) is 10.8. The van der Waals surface area contributed by atoms with E-state index in [1.165, 1.54) is 0 Å². The molecule has 158 valence electrons. The molecule has 3 aromatic rings. The summed E-state index contributed by atoms with van der Waals surface area (Å²) >= 11 is 15.8. The fraction of sp³-hybridized carbons (Fsp3) is 0.217. The van der Waals surface area contributed by atoms with E-state index >= 15 is 0 Å². The summed E-state index contributed by atoms with van der Waals surface area (Å²) in [7, 11) is 1.65. The van der Waals surface area contributed by atoms with Gasteiger partial charge in [-0.2, -0.15) is 0 Å². The van der Waals surface area contributed by atoms with Crippen LogP contribution in [0.5, 0.6) is 17.2 Å². The van der Waals surface area contributed by atoms with Gasteiger partial charge in [-0.15, -0.1) is 0 Å². The van der Waals surface area contributed by atoms with Crippen molar-refractivity contribution < 1.29 is 14.2 Å². The van der Waals surface area contributed by atoms with Gasteiger partial charge >= 0.3 is 0 Å². The number of hydrogen-bond acceptors (Lipinski definition) is 4. The van der Waals surface area contributed by atoms with Crippen LogP contribution in [0.3, 0.4) is 0 Å². The Kier molecular flexibility index (Phi) is 8.14. The predicted molar refractivity (Wildman–Crippen MR) is 126 cm³/mol. The number of halogens is 3. The molecular weight excluding hydrogens is 489 g/mol. The minimum absolute atomic E-state index is 0.304. The molecule has 0 saturated carbocycles. The molecule has 3 aromatic carbocycles. The van der Waals surface area contributed by atoms with Crippen molar-refractivity contribution in [3.8, 4) is 17.2 Å². The first-order valence-corrected chi connectivity index (χ1v) is 10.9. The van der Waals surface area contributed by atoms with Gasteiger partial charge in [-0.3, -0.25) is 0 Å². The molecule has 4 nitrogen and oxygen atoms in total. The third kappa shape index (κ3) is 5.97. The fourth-order valence-electron chi connectivity index (χ4n) is 2.83. The van der Waals surface area contributed by atoms with Crippen LogP contribution in [-0.4, -0.2) is 13.7 Å². The number of ether oxygens (including phenoxy) is 3. The Bertz CT molecular complexity index is 996. The first kappa shape index (κ1) is 22.6. The van der Waals surface area contributed by atoms with E-state index in [-0.39, 0.29) is 0 Å². The van der Waals surface area contributed by atoms with Crippen molar-refractivity contribution in [2.75, 3.05) is 19.0 Å². The van der Waals surface area contributed by atoms with E-state index in [1.807, 2.05) is 49.4 Å². The predicted octanol–water partition coefficient (Wildman–Crippen LogP) is 7.35. The van der Waals surface area contributed by atoms with Crippen molar-refractivity contribution in [2.45, 2.75) is 20.1 Å². The van der Waals surface area contributed by atoms with E-state index in [4.69, 9.17) is 37.4 Å². The maximum atomic E-state index is 6.26. The molecule has 0 bridgehead atoms. The monoisotopic (exact) mass is 509 g/mol. The first-order valence-electron chi connectivity index (χ1n) is 9.40. The highest BCUT2D eigenvalue weighted by molar-refractivity contribution is 9.10. The zero-order chi connectivity index (χ0) is 21.5. The normalized spacial score (nSPS) is 10.6. The Balaban J connectivity index is 1.73. The van der Waals surface area contributed by atoms with Gasteiger partial charge in [-0.05, 0) is 76.9 Å². The lowest BCUT2D eigenvalue weighted by molar-refractivity contribution is 0.267. The van der Waals surface area contributed by atoms with Crippen molar-refractivity contribution >= 4 is 44.8 Å². The lowest BCUT2D eigenvalue weighted by Crippen LogP contribution is -2.04. The molecule has 1 N–H and O–H groups in total. The summed E-state index contributed by atoms with van der Waals surface area (Å²) < 4.78 is 17.9. The summed E-state index contributed by atoms with van der Waals surface area (Å²) in [6.45, 7) is 3.41. The number of nitrogens with one attached hydrogen (secondary N) is 1. The molecule has 0 atom stereocenters. The molecule has 0 saturated heterocycles. The number of methoxy groups -OCH3 is 1. The van der Waals surface area contributed by atoms with Crippen LogP contribution >= 0.6 is 39.1 Å². The molecule has 0 amide bonds. The van der Waals surface area contributed by atoms with E-state index < -0.39 is 0 Å². The first-order chi connectivity index (χ1) is 14.5. The Morgan fingerprint density at radius 2 is 1.73 bits per heavy atom. The average molecular weight is 511 g/mol. The zero-order valence-corrected chi connectivity index (χ0v) is 19.8. The zero-order valence-electron chi connectivity index (χ0n) is 16.7. The molecule has 0 spiro atoms. The second-order valence-corrected chi connectivity index (χ2v) is 8.14. The molecule has 0 aromatic heterocycles. The highest BCUT2D eigenvalue weighted by atomic mass is 79.9. The largest absolute Gasteiger partial charge is 0.497 e. The lowest BCUT2D eigenvalue weighted by atomic mass is 10.2. The molecule has 3 rings (SSSR count). The van der Waals surface area contributed by atoms with Crippen LogP contribution in [0.1, 0.15) is 18.1 Å². The van der Waals surface area contributed by atoms with Crippen LogP contribution < -0.4 is 19.5 Å². The standard InChI is InChI=1S/C23H22BrCl2NO3/c1-3-29-22-11-15(13-27-18-6-8-19(28-2)9-7-18)10-20(24)23(22)30-14-16-4-5-17(25)12-21(16)26/h4-12,27H,3,13-14H2,1-2H3. The summed E-state index contributed by atoms with van der Waals surface area (Å²) in [4.78, 5) is 0. The third-order valence-corrected chi connectivity index (χ3v) is 5.52. The Labute approximate surface area is 195 Å². The van der Waals surface area contributed by atoms with Gasteiger partial charge in [-0.1, -0.05) is 29.3 Å². The number of hydrogen-bond donors (Lipinski definition) is 1. The fourth-order valence-corrected chi connectivity index (χ4v) is 3.90. The molecule has 0 radical (unpaired) electrons. The molecule has 0 aliphatic heterocycles. The van der Waals surface area contributed by atoms with E-state index in [2.05, 4.69) is 21.2 Å². The maximum Gasteiger partial charge on any atom is 0.175 e. The molecule has 30 heavy (non-hydrogen) atoms. The van der Waals surface area contributed by atoms with Crippen LogP contribution in [-0.2, 0) is 13.2 Å². The Morgan fingerprint density at radius 3 is 2.40 bits per heavy atom. The lowest BCUT2D eigenvalue weighted by Gasteiger charge is -2.16. The van der Waals surface area contributed by atoms with Gasteiger partial charge in [0.05, 0.1) is 18.2 Å². The number of rotatable bonds is 9. The van der Waals surface area contributed by atoms with E-state index in [0.717, 1.165) is 27.0 Å². The van der Waals surface area contributed by atoms with Crippen LogP contribution in [0.15, 0.2) is 59.1 Å². The van der Waals surface area contributed by atoms with Gasteiger partial charge in [0.2, 0.25) is 0 Å². The van der Waals surface area contributed by atoms with Crippen LogP contribution in [0.25, 0.3) is 0 Å². The van der Waals surface area contributed by atoms with Crippen molar-refractivity contribution in [2.24, 2.45) is 0 Å². The maximum absolute atomic E-state index is 6.26. The molecule has 0 heterocycles. The van der Waals surface area contributed by atoms with Gasteiger partial charge in [0.25, 0.3) is 0 Å². The molecule has 0 aliphatic rings. The SMILES string of the molecule is CCOc1cc(CNc2ccc(OC)cc2)cc(Br)c1OCc1ccc(Cl)cc1Cl. The highest BCUT2D eigenvalue weighted by Crippen LogP contribution is 2.38. The van der Waals surface area contributed by atoms with Crippen molar-refractivity contribution in [3.63, 3.8) is 0 Å². The smallest absolute Gasteiger partial charge is 0.175 e. The van der Waals surface area contributed by atoms with Crippen LogP contribution in [0, 0.1) is 0 Å². The Morgan fingerprint density at radius 1 is 0.967 bits per heavy atom. The van der Waals surface area contributed by atoms with Crippen LogP contribution in [0.2, 0.25) is 10.0 Å². The minimum atomic E-state index is 0.304. The van der Waals surface area contributed by atoms with Gasteiger partial charge in [0.15, 0.2) is 11.5 Å². The molecule has 0 unspecified atom stereocenters. The van der Waals surface area contributed by atoms with Crippen molar-refractivity contribution in [1.82, 2.24) is 0 Å². The summed E-state index contributed by atoms with van der Waals surface area (Å²) in [5.41, 5.74) is 2.90. The number of benzene rings is 3. The van der Waals surface area contributed by atoms with Crippen molar-refractivity contribution in [3.05, 3.63) is 80.2 Å². The summed E-state index contributed by atoms with van der Waals surface area (Å²) in [5.74, 6) is 2.13. The summed E-state index contributed by atoms with van der Waals surface area (Å²) in [6, 6.07) is 17.1. The van der Waals surface area contributed by atoms with Crippen LogP contribution in [0.4, 0.5) is 5.69 Å². The third-order valence-electron chi connectivity index (χ3n) is 4.34. The van der Waals surface area contributed by atoms with E-state index in [0.29, 0.717) is 41.3 Å². The average Bonchev–Trinajstić information content (AvgIpc) is 2.73. The second-order valence-electron chi connectivity index (χ2n) is 6.44. The van der Waals surface area contributed by atoms with Gasteiger partial charge in [0, 0.05) is 27.8 Å². The molecule has 7 heteroatoms. The molecular formula is C23H22BrCl2NO3. The summed E-state index contributed by atoms with van der Waals surface area (Å²) in [6.07, 6.45) is 0. The molecule has 0 aliphatic carbocycles. The topological polar surface area (TPSA) is 39.7 Å². The Hall–Kier alpha value is -2.08. The number of anilines is 1. The van der Waals surface area contributed by atoms with Gasteiger partial charge in [-0.25, -0.2) is 0 Å². The summed E-state index contributed by atoms with van der Waals surface area (Å²) in [5, 5.41) is 4.55. The highest BCUT2D eigenvalue weighted by Gasteiger charge is 2.14. The van der Waals surface area contributed by atoms with Gasteiger partial charge < -0.3 is 19.5 Å². The van der Waals surface area contributed by atoms with E-state index in [9.17, 15) is 0 Å². The molecule has 0 fully saturated rings. The van der Waals surface area contributed by atoms with Gasteiger partial charge in [0.1, 0.15) is 12.4 Å². The van der Waals surface area contributed by atoms with Crippen molar-refractivity contribution in [1.29, 1.82) is 0 Å². The quantitative estimate of drug-likeness (QED) is 0.326. The minimum Gasteiger partial charge on any atom is -0.497 e. The van der Waals surface area contributed by atoms with E-state index in [1.54, 1.807) is 19.2 Å².